The molecular formula is C23H25NO6. The molecule has 30 heavy (non-hydrogen) atoms. The first-order valence-electron chi connectivity index (χ1n) is 9.46. The summed E-state index contributed by atoms with van der Waals surface area (Å²) in [6, 6.07) is 11.6. The molecule has 2 aromatic carbocycles. The molecule has 2 aromatic rings. The van der Waals surface area contributed by atoms with Crippen LogP contribution in [0.3, 0.4) is 0 Å². The van der Waals surface area contributed by atoms with Crippen LogP contribution < -0.4 is 14.8 Å². The molecule has 0 saturated heterocycles. The lowest BCUT2D eigenvalue weighted by atomic mass is 10.1. The van der Waals surface area contributed by atoms with E-state index in [2.05, 4.69) is 5.32 Å². The zero-order valence-corrected chi connectivity index (χ0v) is 17.3. The van der Waals surface area contributed by atoms with Gasteiger partial charge in [-0.15, -0.1) is 0 Å². The van der Waals surface area contributed by atoms with Crippen molar-refractivity contribution in [1.82, 2.24) is 0 Å². The Bertz CT molecular complexity index is 918. The predicted molar refractivity (Wildman–Crippen MR) is 114 cm³/mol. The highest BCUT2D eigenvalue weighted by Crippen LogP contribution is 2.25. The quantitative estimate of drug-likeness (QED) is 0.362. The van der Waals surface area contributed by atoms with E-state index in [4.69, 9.17) is 14.2 Å². The van der Waals surface area contributed by atoms with E-state index in [1.807, 2.05) is 6.92 Å². The molecule has 7 heteroatoms. The Morgan fingerprint density at radius 3 is 2.37 bits per heavy atom. The molecule has 7 nitrogen and oxygen atoms in total. The number of rotatable bonds is 10. The number of ether oxygens (including phenoxy) is 3. The SMILES string of the molecule is CCCC(=O)Nc1ccc(C(=O)COC(=O)/C=C/c2cc(OC)ccc2OC)cc1. The molecule has 0 aliphatic rings. The Labute approximate surface area is 175 Å². The second-order valence-corrected chi connectivity index (χ2v) is 6.35. The standard InChI is InChI=1S/C23H25NO6/c1-4-5-22(26)24-18-9-6-16(7-10-18)20(25)15-30-23(27)13-8-17-14-19(28-2)11-12-21(17)29-3/h6-14H,4-5,15H2,1-3H3,(H,24,26)/b13-8+. The summed E-state index contributed by atoms with van der Waals surface area (Å²) in [4.78, 5) is 35.8. The largest absolute Gasteiger partial charge is 0.497 e. The molecule has 0 aliphatic carbocycles. The Balaban J connectivity index is 1.91. The molecular weight excluding hydrogens is 386 g/mol. The minimum Gasteiger partial charge on any atom is -0.497 e. The lowest BCUT2D eigenvalue weighted by Crippen LogP contribution is -2.13. The minimum atomic E-state index is -0.656. The summed E-state index contributed by atoms with van der Waals surface area (Å²) in [5, 5.41) is 2.75. The number of carbonyl (C=O) groups is 3. The van der Waals surface area contributed by atoms with Gasteiger partial charge in [-0.1, -0.05) is 6.92 Å². The number of nitrogens with one attached hydrogen (secondary N) is 1. The van der Waals surface area contributed by atoms with E-state index in [1.54, 1.807) is 49.6 Å². The van der Waals surface area contributed by atoms with Crippen molar-refractivity contribution in [2.75, 3.05) is 26.1 Å². The van der Waals surface area contributed by atoms with Gasteiger partial charge in [0.25, 0.3) is 0 Å². The first-order valence-corrected chi connectivity index (χ1v) is 9.46. The van der Waals surface area contributed by atoms with Crippen LogP contribution in [0.1, 0.15) is 35.7 Å². The highest BCUT2D eigenvalue weighted by atomic mass is 16.5. The first kappa shape index (κ1) is 22.7. The average molecular weight is 411 g/mol. The van der Waals surface area contributed by atoms with Crippen LogP contribution in [0.15, 0.2) is 48.5 Å². The van der Waals surface area contributed by atoms with Crippen LogP contribution in [0.2, 0.25) is 0 Å². The number of amides is 1. The van der Waals surface area contributed by atoms with Gasteiger partial charge < -0.3 is 19.5 Å². The third-order valence-electron chi connectivity index (χ3n) is 4.15. The molecule has 1 amide bonds. The topological polar surface area (TPSA) is 90.9 Å². The normalized spacial score (nSPS) is 10.5. The fraction of sp³-hybridized carbons (Fsp3) is 0.261. The van der Waals surface area contributed by atoms with Crippen LogP contribution in [-0.2, 0) is 14.3 Å². The Hall–Kier alpha value is -3.61. The average Bonchev–Trinajstić information content (AvgIpc) is 2.76. The van der Waals surface area contributed by atoms with E-state index in [1.165, 1.54) is 19.3 Å². The van der Waals surface area contributed by atoms with E-state index in [-0.39, 0.29) is 18.3 Å². The van der Waals surface area contributed by atoms with Crippen LogP contribution in [0.4, 0.5) is 5.69 Å². The molecule has 0 atom stereocenters. The number of esters is 1. The second-order valence-electron chi connectivity index (χ2n) is 6.35. The molecule has 2 rings (SSSR count). The van der Waals surface area contributed by atoms with Crippen molar-refractivity contribution in [2.24, 2.45) is 0 Å². The second kappa shape index (κ2) is 11.4. The molecule has 158 valence electrons. The van der Waals surface area contributed by atoms with Gasteiger partial charge in [-0.3, -0.25) is 9.59 Å². The molecule has 0 aliphatic heterocycles. The van der Waals surface area contributed by atoms with Crippen molar-refractivity contribution in [1.29, 1.82) is 0 Å². The maximum absolute atomic E-state index is 12.2. The van der Waals surface area contributed by atoms with Gasteiger partial charge in [0.2, 0.25) is 5.91 Å². The van der Waals surface area contributed by atoms with Gasteiger partial charge in [0, 0.05) is 29.3 Å². The first-order chi connectivity index (χ1) is 14.5. The molecule has 0 aromatic heterocycles. The number of Topliss-reactive ketones (excluding diaryl/α,β-unsaturated/α-hetero) is 1. The zero-order valence-electron chi connectivity index (χ0n) is 17.3. The lowest BCUT2D eigenvalue weighted by molar-refractivity contribution is -0.136. The third kappa shape index (κ3) is 6.77. The van der Waals surface area contributed by atoms with E-state index >= 15 is 0 Å². The van der Waals surface area contributed by atoms with Gasteiger partial charge in [-0.2, -0.15) is 0 Å². The third-order valence-corrected chi connectivity index (χ3v) is 4.15. The van der Waals surface area contributed by atoms with Crippen molar-refractivity contribution in [3.8, 4) is 11.5 Å². The van der Waals surface area contributed by atoms with E-state index in [9.17, 15) is 14.4 Å². The fourth-order valence-electron chi connectivity index (χ4n) is 2.59. The Morgan fingerprint density at radius 1 is 1.00 bits per heavy atom. The molecule has 0 fully saturated rings. The molecule has 0 spiro atoms. The molecule has 0 unspecified atom stereocenters. The van der Waals surface area contributed by atoms with Crippen LogP contribution in [-0.4, -0.2) is 38.5 Å². The number of anilines is 1. The number of benzene rings is 2. The molecule has 0 bridgehead atoms. The van der Waals surface area contributed by atoms with Crippen LogP contribution in [0.5, 0.6) is 11.5 Å². The van der Waals surface area contributed by atoms with Crippen molar-refractivity contribution in [3.05, 3.63) is 59.7 Å². The summed E-state index contributed by atoms with van der Waals surface area (Å²) >= 11 is 0. The molecule has 1 N–H and O–H groups in total. The summed E-state index contributed by atoms with van der Waals surface area (Å²) in [6.07, 6.45) is 3.94. The van der Waals surface area contributed by atoms with Crippen molar-refractivity contribution in [3.63, 3.8) is 0 Å². The van der Waals surface area contributed by atoms with Crippen molar-refractivity contribution < 1.29 is 28.6 Å². The number of methoxy groups -OCH3 is 2. The molecule has 0 radical (unpaired) electrons. The number of ketones is 1. The summed E-state index contributed by atoms with van der Waals surface area (Å²) in [7, 11) is 3.07. The number of hydrogen-bond acceptors (Lipinski definition) is 6. The van der Waals surface area contributed by atoms with Gasteiger partial charge in [-0.25, -0.2) is 4.79 Å². The van der Waals surface area contributed by atoms with Gasteiger partial charge in [-0.05, 0) is 55.0 Å². The van der Waals surface area contributed by atoms with Gasteiger partial charge in [0.1, 0.15) is 11.5 Å². The highest BCUT2D eigenvalue weighted by molar-refractivity contribution is 5.99. The Kier molecular flexibility index (Phi) is 8.62. The van der Waals surface area contributed by atoms with E-state index in [0.29, 0.717) is 34.7 Å². The Morgan fingerprint density at radius 2 is 1.73 bits per heavy atom. The van der Waals surface area contributed by atoms with Crippen LogP contribution in [0, 0.1) is 0 Å². The zero-order chi connectivity index (χ0) is 21.9. The van der Waals surface area contributed by atoms with Crippen molar-refractivity contribution >= 4 is 29.4 Å². The number of hydrogen-bond donors (Lipinski definition) is 1. The number of carbonyl (C=O) groups excluding carboxylic acids is 3. The van der Waals surface area contributed by atoms with E-state index in [0.717, 1.165) is 6.42 Å². The lowest BCUT2D eigenvalue weighted by Gasteiger charge is -2.07. The van der Waals surface area contributed by atoms with Crippen LogP contribution >= 0.6 is 0 Å². The maximum Gasteiger partial charge on any atom is 0.331 e. The summed E-state index contributed by atoms with van der Waals surface area (Å²) < 4.78 is 15.4. The minimum absolute atomic E-state index is 0.0787. The van der Waals surface area contributed by atoms with Gasteiger partial charge in [0.15, 0.2) is 12.4 Å². The summed E-state index contributed by atoms with van der Waals surface area (Å²) in [5.74, 6) is 0.110. The smallest absolute Gasteiger partial charge is 0.331 e. The molecule has 0 saturated carbocycles. The maximum atomic E-state index is 12.2. The fourth-order valence-corrected chi connectivity index (χ4v) is 2.59. The molecule has 0 heterocycles. The predicted octanol–water partition coefficient (Wildman–Crippen LogP) is 3.88. The monoisotopic (exact) mass is 411 g/mol. The highest BCUT2D eigenvalue weighted by Gasteiger charge is 2.10. The van der Waals surface area contributed by atoms with Gasteiger partial charge >= 0.3 is 5.97 Å². The summed E-state index contributed by atoms with van der Waals surface area (Å²) in [6.45, 7) is 1.53. The summed E-state index contributed by atoms with van der Waals surface area (Å²) in [5.41, 5.74) is 1.63. The van der Waals surface area contributed by atoms with Gasteiger partial charge in [0.05, 0.1) is 14.2 Å². The van der Waals surface area contributed by atoms with Crippen LogP contribution in [0.25, 0.3) is 6.08 Å². The van der Waals surface area contributed by atoms with Crippen molar-refractivity contribution in [2.45, 2.75) is 19.8 Å². The van der Waals surface area contributed by atoms with E-state index < -0.39 is 5.97 Å².